The lowest BCUT2D eigenvalue weighted by atomic mass is 10.2. The topological polar surface area (TPSA) is 39.1 Å². The Kier molecular flexibility index (Phi) is 3.38. The summed E-state index contributed by atoms with van der Waals surface area (Å²) in [6.45, 7) is 6.86. The first-order valence-corrected chi connectivity index (χ1v) is 5.60. The molecule has 1 aromatic rings. The van der Waals surface area contributed by atoms with Crippen molar-refractivity contribution in [3.8, 4) is 0 Å². The van der Waals surface area contributed by atoms with Gasteiger partial charge in [0.1, 0.15) is 0 Å². The second kappa shape index (κ2) is 4.77. The van der Waals surface area contributed by atoms with Crippen molar-refractivity contribution in [2.75, 3.05) is 13.2 Å². The van der Waals surface area contributed by atoms with Crippen LogP contribution in [0.15, 0.2) is 12.4 Å². The van der Waals surface area contributed by atoms with Crippen LogP contribution in [0.5, 0.6) is 0 Å². The van der Waals surface area contributed by atoms with Crippen LogP contribution in [0.2, 0.25) is 0 Å². The lowest BCUT2D eigenvalue weighted by molar-refractivity contribution is 0.184. The fourth-order valence-electron chi connectivity index (χ4n) is 1.72. The van der Waals surface area contributed by atoms with Crippen LogP contribution >= 0.6 is 0 Å². The van der Waals surface area contributed by atoms with Gasteiger partial charge in [-0.15, -0.1) is 0 Å². The molecule has 4 nitrogen and oxygen atoms in total. The Hall–Kier alpha value is -0.870. The predicted octanol–water partition coefficient (Wildman–Crippen LogP) is 1.34. The third kappa shape index (κ3) is 2.79. The molecule has 1 aromatic heterocycles. The van der Waals surface area contributed by atoms with Crippen molar-refractivity contribution in [1.82, 2.24) is 15.1 Å². The number of nitrogens with one attached hydrogen (secondary N) is 1. The summed E-state index contributed by atoms with van der Waals surface area (Å²) in [5.41, 5.74) is 1.25. The van der Waals surface area contributed by atoms with Crippen LogP contribution in [0.25, 0.3) is 0 Å². The van der Waals surface area contributed by atoms with Gasteiger partial charge >= 0.3 is 0 Å². The van der Waals surface area contributed by atoms with Gasteiger partial charge < -0.3 is 10.1 Å². The molecule has 2 rings (SSSR count). The van der Waals surface area contributed by atoms with Crippen molar-refractivity contribution in [1.29, 1.82) is 0 Å². The maximum Gasteiger partial charge on any atom is 0.0774 e. The molecule has 4 heteroatoms. The van der Waals surface area contributed by atoms with Gasteiger partial charge in [-0.05, 0) is 6.42 Å². The number of hydrogen-bond donors (Lipinski definition) is 1. The van der Waals surface area contributed by atoms with Crippen molar-refractivity contribution < 1.29 is 4.74 Å². The maximum atomic E-state index is 5.34. The molecule has 1 aliphatic heterocycles. The second-order valence-electron chi connectivity index (χ2n) is 4.38. The van der Waals surface area contributed by atoms with Gasteiger partial charge in [0, 0.05) is 31.0 Å². The van der Waals surface area contributed by atoms with Crippen molar-refractivity contribution >= 4 is 0 Å². The van der Waals surface area contributed by atoms with E-state index in [9.17, 15) is 0 Å². The molecule has 1 N–H and O–H groups in total. The quantitative estimate of drug-likeness (QED) is 0.813. The molecule has 0 radical (unpaired) electrons. The first kappa shape index (κ1) is 10.6. The third-order valence-electron chi connectivity index (χ3n) is 2.65. The molecule has 84 valence electrons. The van der Waals surface area contributed by atoms with E-state index >= 15 is 0 Å². The van der Waals surface area contributed by atoms with E-state index in [1.165, 1.54) is 5.56 Å². The summed E-state index contributed by atoms with van der Waals surface area (Å²) in [6.07, 6.45) is 5.14. The van der Waals surface area contributed by atoms with Gasteiger partial charge in [0.25, 0.3) is 0 Å². The average Bonchev–Trinajstić information content (AvgIpc) is 2.85. The smallest absolute Gasteiger partial charge is 0.0774 e. The summed E-state index contributed by atoms with van der Waals surface area (Å²) in [5.74, 6) is 0. The monoisotopic (exact) mass is 209 g/mol. The van der Waals surface area contributed by atoms with E-state index in [-0.39, 0.29) is 0 Å². The van der Waals surface area contributed by atoms with Gasteiger partial charge in [-0.2, -0.15) is 5.10 Å². The summed E-state index contributed by atoms with van der Waals surface area (Å²) in [6, 6.07) is 0.959. The number of rotatable bonds is 4. The summed E-state index contributed by atoms with van der Waals surface area (Å²) in [5, 5.41) is 7.75. The molecular formula is C11H19N3O. The number of nitrogens with zero attached hydrogens (tertiary/aromatic N) is 2. The van der Waals surface area contributed by atoms with E-state index in [1.54, 1.807) is 0 Å². The molecular weight excluding hydrogens is 190 g/mol. The Bertz CT molecular complexity index is 303. The SMILES string of the molecule is CC(C)NCc1cnn(C2CCOC2)c1. The van der Waals surface area contributed by atoms with Crippen LogP contribution < -0.4 is 5.32 Å². The molecule has 1 atom stereocenters. The van der Waals surface area contributed by atoms with Crippen LogP contribution in [-0.4, -0.2) is 29.0 Å². The van der Waals surface area contributed by atoms with Crippen molar-refractivity contribution in [3.63, 3.8) is 0 Å². The summed E-state index contributed by atoms with van der Waals surface area (Å²) < 4.78 is 7.37. The van der Waals surface area contributed by atoms with Gasteiger partial charge in [0.05, 0.1) is 18.8 Å². The second-order valence-corrected chi connectivity index (χ2v) is 4.38. The van der Waals surface area contributed by atoms with Crippen molar-refractivity contribution in [2.45, 2.75) is 38.9 Å². The molecule has 2 heterocycles. The molecule has 0 amide bonds. The Morgan fingerprint density at radius 2 is 2.53 bits per heavy atom. The summed E-state index contributed by atoms with van der Waals surface area (Å²) in [4.78, 5) is 0. The van der Waals surface area contributed by atoms with Gasteiger partial charge in [0.15, 0.2) is 0 Å². The van der Waals surface area contributed by atoms with E-state index in [2.05, 4.69) is 30.5 Å². The minimum absolute atomic E-state index is 0.442. The molecule has 0 aliphatic carbocycles. The van der Waals surface area contributed by atoms with Crippen LogP contribution in [0, 0.1) is 0 Å². The zero-order chi connectivity index (χ0) is 10.7. The first-order valence-electron chi connectivity index (χ1n) is 5.60. The average molecular weight is 209 g/mol. The number of ether oxygens (including phenoxy) is 1. The Morgan fingerprint density at radius 1 is 1.67 bits per heavy atom. The van der Waals surface area contributed by atoms with E-state index in [4.69, 9.17) is 4.74 Å². The van der Waals surface area contributed by atoms with Crippen LogP contribution in [0.1, 0.15) is 31.9 Å². The minimum Gasteiger partial charge on any atom is -0.379 e. The zero-order valence-corrected chi connectivity index (χ0v) is 9.44. The molecule has 0 saturated carbocycles. The molecule has 1 aliphatic rings. The van der Waals surface area contributed by atoms with E-state index in [0.29, 0.717) is 12.1 Å². The van der Waals surface area contributed by atoms with E-state index in [0.717, 1.165) is 26.2 Å². The Morgan fingerprint density at radius 3 is 3.20 bits per heavy atom. The van der Waals surface area contributed by atoms with Crippen molar-refractivity contribution in [2.24, 2.45) is 0 Å². The highest BCUT2D eigenvalue weighted by molar-refractivity contribution is 5.04. The molecule has 1 fully saturated rings. The highest BCUT2D eigenvalue weighted by Gasteiger charge is 2.17. The third-order valence-corrected chi connectivity index (χ3v) is 2.65. The molecule has 0 aromatic carbocycles. The van der Waals surface area contributed by atoms with Gasteiger partial charge in [-0.3, -0.25) is 4.68 Å². The normalized spacial score (nSPS) is 21.4. The van der Waals surface area contributed by atoms with Crippen LogP contribution in [-0.2, 0) is 11.3 Å². The Balaban J connectivity index is 1.91. The fraction of sp³-hybridized carbons (Fsp3) is 0.727. The van der Waals surface area contributed by atoms with Gasteiger partial charge in [-0.25, -0.2) is 0 Å². The van der Waals surface area contributed by atoms with Gasteiger partial charge in [-0.1, -0.05) is 13.8 Å². The standard InChI is InChI=1S/C11H19N3O/c1-9(2)12-5-10-6-13-14(7-10)11-3-4-15-8-11/h6-7,9,11-12H,3-5,8H2,1-2H3. The molecule has 15 heavy (non-hydrogen) atoms. The molecule has 1 saturated heterocycles. The molecule has 0 bridgehead atoms. The first-order chi connectivity index (χ1) is 7.25. The Labute approximate surface area is 90.6 Å². The lowest BCUT2D eigenvalue weighted by Crippen LogP contribution is -2.21. The number of hydrogen-bond acceptors (Lipinski definition) is 3. The lowest BCUT2D eigenvalue weighted by Gasteiger charge is -2.07. The molecule has 0 spiro atoms. The van der Waals surface area contributed by atoms with Crippen LogP contribution in [0.4, 0.5) is 0 Å². The zero-order valence-electron chi connectivity index (χ0n) is 9.44. The van der Waals surface area contributed by atoms with E-state index < -0.39 is 0 Å². The van der Waals surface area contributed by atoms with Gasteiger partial charge in [0.2, 0.25) is 0 Å². The maximum absolute atomic E-state index is 5.34. The van der Waals surface area contributed by atoms with Crippen LogP contribution in [0.3, 0.4) is 0 Å². The summed E-state index contributed by atoms with van der Waals surface area (Å²) >= 11 is 0. The fourth-order valence-corrected chi connectivity index (χ4v) is 1.72. The number of aromatic nitrogens is 2. The molecule has 1 unspecified atom stereocenters. The van der Waals surface area contributed by atoms with E-state index in [1.807, 2.05) is 10.9 Å². The highest BCUT2D eigenvalue weighted by atomic mass is 16.5. The highest BCUT2D eigenvalue weighted by Crippen LogP contribution is 2.17. The summed E-state index contributed by atoms with van der Waals surface area (Å²) in [7, 11) is 0. The minimum atomic E-state index is 0.442. The predicted molar refractivity (Wildman–Crippen MR) is 58.7 cm³/mol. The van der Waals surface area contributed by atoms with Crippen molar-refractivity contribution in [3.05, 3.63) is 18.0 Å². The largest absolute Gasteiger partial charge is 0.379 e.